The van der Waals surface area contributed by atoms with Crippen molar-refractivity contribution in [3.63, 3.8) is 0 Å². The summed E-state index contributed by atoms with van der Waals surface area (Å²) in [5.74, 6) is -1.27. The minimum absolute atomic E-state index is 0.0643. The largest absolute Gasteiger partial charge is 0.507 e. The second-order valence-corrected chi connectivity index (χ2v) is 4.38. The van der Waals surface area contributed by atoms with E-state index in [-0.39, 0.29) is 17.4 Å². The highest BCUT2D eigenvalue weighted by atomic mass is 19.1. The first-order chi connectivity index (χ1) is 9.51. The lowest BCUT2D eigenvalue weighted by atomic mass is 10.1. The Morgan fingerprint density at radius 2 is 1.95 bits per heavy atom. The zero-order valence-corrected chi connectivity index (χ0v) is 10.7. The van der Waals surface area contributed by atoms with Crippen LogP contribution in [0.25, 0.3) is 0 Å². The molecule has 0 saturated heterocycles. The van der Waals surface area contributed by atoms with Crippen molar-refractivity contribution in [1.29, 1.82) is 5.26 Å². The van der Waals surface area contributed by atoms with Gasteiger partial charge in [-0.2, -0.15) is 5.26 Å². The highest BCUT2D eigenvalue weighted by Crippen LogP contribution is 2.28. The Hall–Kier alpha value is -2.61. The molecule has 0 spiro atoms. The van der Waals surface area contributed by atoms with Crippen LogP contribution in [0.2, 0.25) is 0 Å². The monoisotopic (exact) mass is 274 g/mol. The number of nitrogens with one attached hydrogen (secondary N) is 1. The first kappa shape index (κ1) is 13.8. The van der Waals surface area contributed by atoms with Crippen LogP contribution >= 0.6 is 0 Å². The van der Waals surface area contributed by atoms with E-state index in [0.29, 0.717) is 11.3 Å². The maximum atomic E-state index is 13.2. The maximum absolute atomic E-state index is 13.2. The number of nitrogens with zero attached hydrogens (tertiary/aromatic N) is 1. The summed E-state index contributed by atoms with van der Waals surface area (Å²) in [5.41, 5.74) is 0.985. The van der Waals surface area contributed by atoms with E-state index in [1.54, 1.807) is 13.0 Å². The molecule has 0 aromatic heterocycles. The number of halogens is 2. The van der Waals surface area contributed by atoms with Crippen LogP contribution in [0.1, 0.15) is 24.1 Å². The molecule has 2 rings (SSSR count). The molecule has 0 aliphatic heterocycles. The first-order valence-corrected chi connectivity index (χ1v) is 5.96. The van der Waals surface area contributed by atoms with Gasteiger partial charge in [0.15, 0.2) is 0 Å². The predicted octanol–water partition coefficient (Wildman–Crippen LogP) is 3.72. The van der Waals surface area contributed by atoms with E-state index in [2.05, 4.69) is 5.32 Å². The van der Waals surface area contributed by atoms with Crippen molar-refractivity contribution in [3.05, 3.63) is 59.2 Å². The lowest BCUT2D eigenvalue weighted by molar-refractivity contribution is 0.459. The van der Waals surface area contributed by atoms with E-state index >= 15 is 0 Å². The van der Waals surface area contributed by atoms with Crippen molar-refractivity contribution < 1.29 is 13.9 Å². The molecule has 0 saturated carbocycles. The Kier molecular flexibility index (Phi) is 3.85. The van der Waals surface area contributed by atoms with Crippen LogP contribution in [-0.4, -0.2) is 5.11 Å². The molecule has 0 aliphatic carbocycles. The van der Waals surface area contributed by atoms with Gasteiger partial charge in [-0.05, 0) is 31.2 Å². The van der Waals surface area contributed by atoms with E-state index in [9.17, 15) is 13.9 Å². The van der Waals surface area contributed by atoms with Crippen molar-refractivity contribution in [2.45, 2.75) is 13.0 Å². The topological polar surface area (TPSA) is 56.0 Å². The molecule has 5 heteroatoms. The summed E-state index contributed by atoms with van der Waals surface area (Å²) in [6, 6.07) is 9.24. The highest BCUT2D eigenvalue weighted by molar-refractivity contribution is 5.52. The summed E-state index contributed by atoms with van der Waals surface area (Å²) in [5, 5.41) is 21.5. The van der Waals surface area contributed by atoms with Crippen LogP contribution in [0, 0.1) is 23.0 Å². The van der Waals surface area contributed by atoms with Crippen molar-refractivity contribution >= 4 is 5.69 Å². The summed E-state index contributed by atoms with van der Waals surface area (Å²) >= 11 is 0. The van der Waals surface area contributed by atoms with Crippen LogP contribution in [0.3, 0.4) is 0 Å². The molecular weight excluding hydrogens is 262 g/mol. The summed E-state index contributed by atoms with van der Waals surface area (Å²) in [4.78, 5) is 0. The lowest BCUT2D eigenvalue weighted by Gasteiger charge is -2.17. The fourth-order valence-corrected chi connectivity index (χ4v) is 1.91. The Bertz CT molecular complexity index is 680. The molecule has 102 valence electrons. The van der Waals surface area contributed by atoms with E-state index in [4.69, 9.17) is 5.26 Å². The van der Waals surface area contributed by atoms with Gasteiger partial charge in [0.2, 0.25) is 0 Å². The summed E-state index contributed by atoms with van der Waals surface area (Å²) < 4.78 is 26.1. The van der Waals surface area contributed by atoms with Crippen molar-refractivity contribution in [2.75, 3.05) is 5.32 Å². The molecule has 3 nitrogen and oxygen atoms in total. The van der Waals surface area contributed by atoms with Crippen LogP contribution in [0.15, 0.2) is 36.4 Å². The molecule has 1 unspecified atom stereocenters. The van der Waals surface area contributed by atoms with Gasteiger partial charge in [-0.3, -0.25) is 0 Å². The summed E-state index contributed by atoms with van der Waals surface area (Å²) in [7, 11) is 0. The molecule has 0 heterocycles. The van der Waals surface area contributed by atoms with Crippen molar-refractivity contribution in [3.8, 4) is 11.8 Å². The van der Waals surface area contributed by atoms with Gasteiger partial charge in [0.1, 0.15) is 23.5 Å². The lowest BCUT2D eigenvalue weighted by Crippen LogP contribution is -2.07. The Balaban J connectivity index is 2.23. The second-order valence-electron chi connectivity index (χ2n) is 4.38. The molecule has 2 aromatic carbocycles. The van der Waals surface area contributed by atoms with E-state index in [1.807, 2.05) is 0 Å². The third kappa shape index (κ3) is 2.86. The Labute approximate surface area is 115 Å². The first-order valence-electron chi connectivity index (χ1n) is 5.96. The average Bonchev–Trinajstić information content (AvgIpc) is 2.40. The summed E-state index contributed by atoms with van der Waals surface area (Å²) in [6.07, 6.45) is 0. The molecule has 0 bridgehead atoms. The number of nitriles is 1. The van der Waals surface area contributed by atoms with Crippen LogP contribution in [-0.2, 0) is 0 Å². The zero-order chi connectivity index (χ0) is 14.7. The number of hydrogen-bond donors (Lipinski definition) is 2. The van der Waals surface area contributed by atoms with Crippen LogP contribution in [0.5, 0.6) is 5.75 Å². The minimum Gasteiger partial charge on any atom is -0.507 e. The molecule has 0 aliphatic rings. The Morgan fingerprint density at radius 1 is 1.20 bits per heavy atom. The molecule has 1 atom stereocenters. The van der Waals surface area contributed by atoms with Gasteiger partial charge in [-0.25, -0.2) is 8.78 Å². The summed E-state index contributed by atoms with van der Waals surface area (Å²) in [6.45, 7) is 1.77. The van der Waals surface area contributed by atoms with Crippen LogP contribution < -0.4 is 5.32 Å². The molecule has 0 amide bonds. The molecule has 0 radical (unpaired) electrons. The van der Waals surface area contributed by atoms with Crippen molar-refractivity contribution in [1.82, 2.24) is 0 Å². The molecule has 2 N–H and O–H groups in total. The number of benzene rings is 2. The van der Waals surface area contributed by atoms with Gasteiger partial charge >= 0.3 is 0 Å². The molecule has 20 heavy (non-hydrogen) atoms. The standard InChI is InChI=1S/C15H12F2N2O/c1-9(13-4-2-11(16)7-15(13)20)19-12-3-5-14(17)10(6-12)8-18/h2-7,9,19-20H,1H3. The maximum Gasteiger partial charge on any atom is 0.141 e. The van der Waals surface area contributed by atoms with E-state index in [1.165, 1.54) is 30.3 Å². The third-order valence-electron chi connectivity index (χ3n) is 2.93. The van der Waals surface area contributed by atoms with Gasteiger partial charge in [0.25, 0.3) is 0 Å². The van der Waals surface area contributed by atoms with E-state index in [0.717, 1.165) is 6.07 Å². The number of phenols is 1. The van der Waals surface area contributed by atoms with Gasteiger partial charge in [-0.1, -0.05) is 6.07 Å². The average molecular weight is 274 g/mol. The number of anilines is 1. The smallest absolute Gasteiger partial charge is 0.141 e. The number of phenolic OH excluding ortho intramolecular Hbond substituents is 1. The molecule has 0 fully saturated rings. The molecular formula is C15H12F2N2O. The third-order valence-corrected chi connectivity index (χ3v) is 2.93. The second kappa shape index (κ2) is 5.57. The molecule has 2 aromatic rings. The Morgan fingerprint density at radius 3 is 2.60 bits per heavy atom. The van der Waals surface area contributed by atoms with Gasteiger partial charge in [-0.15, -0.1) is 0 Å². The zero-order valence-electron chi connectivity index (χ0n) is 10.7. The highest BCUT2D eigenvalue weighted by Gasteiger charge is 2.12. The number of rotatable bonds is 3. The van der Waals surface area contributed by atoms with Crippen LogP contribution in [0.4, 0.5) is 14.5 Å². The number of aromatic hydroxyl groups is 1. The van der Waals surface area contributed by atoms with E-state index < -0.39 is 11.6 Å². The predicted molar refractivity (Wildman–Crippen MR) is 71.2 cm³/mol. The quantitative estimate of drug-likeness (QED) is 0.897. The number of hydrogen-bond acceptors (Lipinski definition) is 3. The fraction of sp³-hybridized carbons (Fsp3) is 0.133. The van der Waals surface area contributed by atoms with Gasteiger partial charge in [0, 0.05) is 17.3 Å². The SMILES string of the molecule is CC(Nc1ccc(F)c(C#N)c1)c1ccc(F)cc1O. The van der Waals surface area contributed by atoms with Gasteiger partial charge < -0.3 is 10.4 Å². The minimum atomic E-state index is -0.588. The fourth-order valence-electron chi connectivity index (χ4n) is 1.91. The normalized spacial score (nSPS) is 11.7. The van der Waals surface area contributed by atoms with Crippen molar-refractivity contribution in [2.24, 2.45) is 0 Å². The van der Waals surface area contributed by atoms with Gasteiger partial charge in [0.05, 0.1) is 11.6 Å².